The minimum atomic E-state index is -0.157. The second-order valence-corrected chi connectivity index (χ2v) is 6.53. The molecule has 0 amide bonds. The van der Waals surface area contributed by atoms with Crippen LogP contribution in [-0.4, -0.2) is 40.7 Å². The van der Waals surface area contributed by atoms with E-state index < -0.39 is 0 Å². The summed E-state index contributed by atoms with van der Waals surface area (Å²) in [6.07, 6.45) is 5.18. The first-order chi connectivity index (χ1) is 9.19. The van der Waals surface area contributed by atoms with Crippen molar-refractivity contribution in [3.8, 4) is 0 Å². The SMILES string of the molecule is CCCNc1ncc(CN2CCC(C(C)O)CC2)s1. The summed E-state index contributed by atoms with van der Waals surface area (Å²) < 4.78 is 0. The summed E-state index contributed by atoms with van der Waals surface area (Å²) in [5.74, 6) is 0.486. The Balaban J connectivity index is 1.77. The molecule has 0 bridgehead atoms. The molecule has 1 aliphatic heterocycles. The van der Waals surface area contributed by atoms with Crippen LogP contribution in [-0.2, 0) is 6.54 Å². The maximum Gasteiger partial charge on any atom is 0.182 e. The van der Waals surface area contributed by atoms with Crippen LogP contribution in [0.25, 0.3) is 0 Å². The summed E-state index contributed by atoms with van der Waals surface area (Å²) in [5, 5.41) is 14.0. The van der Waals surface area contributed by atoms with Crippen molar-refractivity contribution in [1.29, 1.82) is 0 Å². The quantitative estimate of drug-likeness (QED) is 0.842. The number of aliphatic hydroxyl groups is 1. The zero-order valence-corrected chi connectivity index (χ0v) is 12.7. The van der Waals surface area contributed by atoms with Gasteiger partial charge in [0.2, 0.25) is 0 Å². The minimum Gasteiger partial charge on any atom is -0.393 e. The highest BCUT2D eigenvalue weighted by Crippen LogP contribution is 2.24. The van der Waals surface area contributed by atoms with Gasteiger partial charge in [0.25, 0.3) is 0 Å². The van der Waals surface area contributed by atoms with E-state index in [1.54, 1.807) is 11.3 Å². The van der Waals surface area contributed by atoms with Crippen molar-refractivity contribution in [3.63, 3.8) is 0 Å². The lowest BCUT2D eigenvalue weighted by molar-refractivity contribution is 0.0698. The second-order valence-electron chi connectivity index (χ2n) is 5.41. The fraction of sp³-hybridized carbons (Fsp3) is 0.786. The lowest BCUT2D eigenvalue weighted by atomic mass is 9.92. The van der Waals surface area contributed by atoms with Crippen molar-refractivity contribution in [2.24, 2.45) is 5.92 Å². The van der Waals surface area contributed by atoms with Crippen molar-refractivity contribution in [3.05, 3.63) is 11.1 Å². The van der Waals surface area contributed by atoms with E-state index in [2.05, 4.69) is 22.1 Å². The third kappa shape index (κ3) is 4.44. The van der Waals surface area contributed by atoms with Crippen molar-refractivity contribution < 1.29 is 5.11 Å². The van der Waals surface area contributed by atoms with Crippen LogP contribution in [0.2, 0.25) is 0 Å². The standard InChI is InChI=1S/C14H25N3OS/c1-3-6-15-14-16-9-13(19-14)10-17-7-4-12(5-8-17)11(2)18/h9,11-12,18H,3-8,10H2,1-2H3,(H,15,16). The molecule has 0 saturated carbocycles. The number of likely N-dealkylation sites (tertiary alicyclic amines) is 1. The van der Waals surface area contributed by atoms with Gasteiger partial charge in [-0.2, -0.15) is 0 Å². The van der Waals surface area contributed by atoms with E-state index in [0.29, 0.717) is 5.92 Å². The highest BCUT2D eigenvalue weighted by Gasteiger charge is 2.22. The molecule has 1 aromatic heterocycles. The fourth-order valence-corrected chi connectivity index (χ4v) is 3.39. The fourth-order valence-electron chi connectivity index (χ4n) is 2.51. The van der Waals surface area contributed by atoms with Gasteiger partial charge in [-0.05, 0) is 45.2 Å². The predicted molar refractivity (Wildman–Crippen MR) is 80.6 cm³/mol. The molecule has 1 unspecified atom stereocenters. The van der Waals surface area contributed by atoms with Crippen molar-refractivity contribution in [2.45, 2.75) is 45.8 Å². The third-order valence-electron chi connectivity index (χ3n) is 3.77. The van der Waals surface area contributed by atoms with Crippen LogP contribution < -0.4 is 5.32 Å². The first kappa shape index (κ1) is 14.8. The number of anilines is 1. The first-order valence-electron chi connectivity index (χ1n) is 7.28. The van der Waals surface area contributed by atoms with Gasteiger partial charge in [-0.1, -0.05) is 6.92 Å². The lowest BCUT2D eigenvalue weighted by Gasteiger charge is -2.32. The molecule has 4 nitrogen and oxygen atoms in total. The van der Waals surface area contributed by atoms with Crippen LogP contribution in [0.4, 0.5) is 5.13 Å². The maximum absolute atomic E-state index is 9.60. The summed E-state index contributed by atoms with van der Waals surface area (Å²) >= 11 is 1.76. The molecule has 0 spiro atoms. The van der Waals surface area contributed by atoms with E-state index >= 15 is 0 Å². The van der Waals surface area contributed by atoms with Gasteiger partial charge in [0.05, 0.1) is 6.10 Å². The van der Waals surface area contributed by atoms with E-state index in [1.807, 2.05) is 13.1 Å². The lowest BCUT2D eigenvalue weighted by Crippen LogP contribution is -2.36. The highest BCUT2D eigenvalue weighted by atomic mass is 32.1. The Kier molecular flexibility index (Phi) is 5.60. The van der Waals surface area contributed by atoms with Gasteiger partial charge in [-0.15, -0.1) is 11.3 Å². The van der Waals surface area contributed by atoms with E-state index in [9.17, 15) is 5.11 Å². The number of rotatable bonds is 6. The molecule has 1 atom stereocenters. The predicted octanol–water partition coefficient (Wildman–Crippen LogP) is 2.56. The zero-order valence-electron chi connectivity index (χ0n) is 11.9. The van der Waals surface area contributed by atoms with Gasteiger partial charge in [0.1, 0.15) is 0 Å². The molecule has 19 heavy (non-hydrogen) atoms. The molecule has 0 radical (unpaired) electrons. The zero-order chi connectivity index (χ0) is 13.7. The molecule has 1 fully saturated rings. The van der Waals surface area contributed by atoms with Crippen LogP contribution in [0.1, 0.15) is 38.0 Å². The number of aromatic nitrogens is 1. The van der Waals surface area contributed by atoms with Gasteiger partial charge in [0.15, 0.2) is 5.13 Å². The van der Waals surface area contributed by atoms with E-state index in [-0.39, 0.29) is 6.10 Å². The Morgan fingerprint density at radius 1 is 1.53 bits per heavy atom. The molecule has 2 N–H and O–H groups in total. The molecule has 5 heteroatoms. The Morgan fingerprint density at radius 3 is 2.89 bits per heavy atom. The van der Waals surface area contributed by atoms with Crippen LogP contribution in [0.15, 0.2) is 6.20 Å². The van der Waals surface area contributed by atoms with Gasteiger partial charge in [-0.25, -0.2) is 4.98 Å². The van der Waals surface area contributed by atoms with E-state index in [4.69, 9.17) is 0 Å². The average Bonchev–Trinajstić information content (AvgIpc) is 2.84. The molecule has 2 heterocycles. The molecule has 108 valence electrons. The van der Waals surface area contributed by atoms with Crippen LogP contribution in [0, 0.1) is 5.92 Å². The van der Waals surface area contributed by atoms with Crippen molar-refractivity contribution >= 4 is 16.5 Å². The molecular weight excluding hydrogens is 258 g/mol. The second kappa shape index (κ2) is 7.22. The maximum atomic E-state index is 9.60. The van der Waals surface area contributed by atoms with Gasteiger partial charge < -0.3 is 10.4 Å². The summed E-state index contributed by atoms with van der Waals surface area (Å²) in [6.45, 7) is 8.24. The number of nitrogens with one attached hydrogen (secondary N) is 1. The van der Waals surface area contributed by atoms with E-state index in [0.717, 1.165) is 50.6 Å². The van der Waals surface area contributed by atoms with Gasteiger partial charge >= 0.3 is 0 Å². The highest BCUT2D eigenvalue weighted by molar-refractivity contribution is 7.15. The normalized spacial score (nSPS) is 19.5. The van der Waals surface area contributed by atoms with Crippen molar-refractivity contribution in [2.75, 3.05) is 25.0 Å². The van der Waals surface area contributed by atoms with Crippen LogP contribution >= 0.6 is 11.3 Å². The number of nitrogens with zero attached hydrogens (tertiary/aromatic N) is 2. The van der Waals surface area contributed by atoms with Crippen LogP contribution in [0.5, 0.6) is 0 Å². The molecule has 1 saturated heterocycles. The van der Waals surface area contributed by atoms with Gasteiger partial charge in [-0.3, -0.25) is 4.90 Å². The minimum absolute atomic E-state index is 0.157. The molecule has 0 aliphatic carbocycles. The third-order valence-corrected chi connectivity index (χ3v) is 4.71. The Hall–Kier alpha value is -0.650. The summed E-state index contributed by atoms with van der Waals surface area (Å²) in [7, 11) is 0. The monoisotopic (exact) mass is 283 g/mol. The van der Waals surface area contributed by atoms with E-state index in [1.165, 1.54) is 4.88 Å². The first-order valence-corrected chi connectivity index (χ1v) is 8.09. The Morgan fingerprint density at radius 2 is 2.26 bits per heavy atom. The molecule has 2 rings (SSSR count). The Bertz CT molecular complexity index is 373. The topological polar surface area (TPSA) is 48.4 Å². The van der Waals surface area contributed by atoms with Gasteiger partial charge in [0, 0.05) is 24.2 Å². The smallest absolute Gasteiger partial charge is 0.182 e. The molecule has 1 aliphatic rings. The van der Waals surface area contributed by atoms with Crippen molar-refractivity contribution in [1.82, 2.24) is 9.88 Å². The summed E-state index contributed by atoms with van der Waals surface area (Å²) in [5.41, 5.74) is 0. The number of aliphatic hydroxyl groups excluding tert-OH is 1. The number of hydrogen-bond acceptors (Lipinski definition) is 5. The summed E-state index contributed by atoms with van der Waals surface area (Å²) in [6, 6.07) is 0. The average molecular weight is 283 g/mol. The Labute approximate surface area is 119 Å². The number of hydrogen-bond donors (Lipinski definition) is 2. The number of thiazole rings is 1. The number of piperidine rings is 1. The molecule has 1 aromatic rings. The molecular formula is C14H25N3OS. The molecule has 0 aromatic carbocycles. The largest absolute Gasteiger partial charge is 0.393 e. The van der Waals surface area contributed by atoms with Crippen LogP contribution in [0.3, 0.4) is 0 Å². The summed E-state index contributed by atoms with van der Waals surface area (Å²) in [4.78, 5) is 8.20.